The zero-order valence-electron chi connectivity index (χ0n) is 12.9. The van der Waals surface area contributed by atoms with Gasteiger partial charge in [-0.2, -0.15) is 0 Å². The lowest BCUT2D eigenvalue weighted by atomic mass is 10.1. The van der Waals surface area contributed by atoms with E-state index in [2.05, 4.69) is 52.1 Å². The first-order valence-corrected chi connectivity index (χ1v) is 8.37. The summed E-state index contributed by atoms with van der Waals surface area (Å²) < 4.78 is 5.38. The van der Waals surface area contributed by atoms with E-state index in [1.807, 2.05) is 6.92 Å². The van der Waals surface area contributed by atoms with E-state index in [9.17, 15) is 0 Å². The zero-order chi connectivity index (χ0) is 15.6. The fourth-order valence-corrected chi connectivity index (χ4v) is 2.67. The molecule has 0 spiro atoms. The molecule has 5 heteroatoms. The molecule has 0 aliphatic heterocycles. The minimum Gasteiger partial charge on any atom is -0.377 e. The van der Waals surface area contributed by atoms with Gasteiger partial charge >= 0.3 is 0 Å². The van der Waals surface area contributed by atoms with E-state index in [0.717, 1.165) is 25.1 Å². The van der Waals surface area contributed by atoms with Gasteiger partial charge in [0.25, 0.3) is 0 Å². The van der Waals surface area contributed by atoms with Gasteiger partial charge in [-0.1, -0.05) is 30.3 Å². The molecule has 1 heterocycles. The molecule has 0 atom stereocenters. The summed E-state index contributed by atoms with van der Waals surface area (Å²) in [5.41, 5.74) is 8.20. The molecule has 0 unspecified atom stereocenters. The fourth-order valence-electron chi connectivity index (χ4n) is 1.96. The van der Waals surface area contributed by atoms with Crippen molar-refractivity contribution >= 4 is 17.3 Å². The topological polar surface area (TPSA) is 59.6 Å². The number of ether oxygens (including phenoxy) is 1. The summed E-state index contributed by atoms with van der Waals surface area (Å²) in [4.78, 5) is 5.71. The molecule has 1 aromatic heterocycles. The number of hydrogen-bond donors (Lipinski definition) is 2. The zero-order valence-corrected chi connectivity index (χ0v) is 13.7. The van der Waals surface area contributed by atoms with Crippen LogP contribution in [0.4, 0.5) is 0 Å². The molecule has 0 saturated heterocycles. The second-order valence-corrected chi connectivity index (χ2v) is 5.94. The van der Waals surface area contributed by atoms with Crippen LogP contribution in [0.5, 0.6) is 0 Å². The third-order valence-corrected chi connectivity index (χ3v) is 4.12. The molecule has 0 bridgehead atoms. The highest BCUT2D eigenvalue weighted by Crippen LogP contribution is 2.08. The van der Waals surface area contributed by atoms with Crippen LogP contribution in [0, 0.1) is 0 Å². The summed E-state index contributed by atoms with van der Waals surface area (Å²) in [5, 5.41) is 5.23. The first-order chi connectivity index (χ1) is 10.8. The Labute approximate surface area is 136 Å². The Morgan fingerprint density at radius 3 is 2.68 bits per heavy atom. The van der Waals surface area contributed by atoms with Gasteiger partial charge in [-0.3, -0.25) is 0 Å². The third-order valence-electron chi connectivity index (χ3n) is 3.19. The molecular formula is C17H23N3OS. The molecule has 1 aromatic carbocycles. The number of nitrogens with one attached hydrogen (secondary N) is 1. The second kappa shape index (κ2) is 9.23. The molecule has 4 nitrogen and oxygen atoms in total. The SMILES string of the molecule is CCOCc1ccc(CN=C(N)NCCc2cccs2)cc1. The molecule has 0 aliphatic rings. The lowest BCUT2D eigenvalue weighted by Crippen LogP contribution is -2.33. The molecule has 0 fully saturated rings. The predicted octanol–water partition coefficient (Wildman–Crippen LogP) is 2.93. The van der Waals surface area contributed by atoms with E-state index in [-0.39, 0.29) is 0 Å². The van der Waals surface area contributed by atoms with E-state index in [0.29, 0.717) is 19.1 Å². The Morgan fingerprint density at radius 2 is 2.00 bits per heavy atom. The molecule has 0 aliphatic carbocycles. The third kappa shape index (κ3) is 5.87. The van der Waals surface area contributed by atoms with Crippen LogP contribution in [0.15, 0.2) is 46.8 Å². The monoisotopic (exact) mass is 317 g/mol. The van der Waals surface area contributed by atoms with Crippen molar-refractivity contribution in [3.05, 3.63) is 57.8 Å². The van der Waals surface area contributed by atoms with Gasteiger partial charge in [-0.25, -0.2) is 4.99 Å². The van der Waals surface area contributed by atoms with Crippen molar-refractivity contribution in [2.24, 2.45) is 10.7 Å². The van der Waals surface area contributed by atoms with E-state index in [4.69, 9.17) is 10.5 Å². The van der Waals surface area contributed by atoms with Gasteiger partial charge in [0.15, 0.2) is 5.96 Å². The van der Waals surface area contributed by atoms with Gasteiger partial charge in [0, 0.05) is 18.0 Å². The van der Waals surface area contributed by atoms with E-state index in [1.165, 1.54) is 10.4 Å². The molecular weight excluding hydrogens is 294 g/mol. The highest BCUT2D eigenvalue weighted by Gasteiger charge is 1.97. The van der Waals surface area contributed by atoms with Crippen molar-refractivity contribution in [2.45, 2.75) is 26.5 Å². The van der Waals surface area contributed by atoms with E-state index >= 15 is 0 Å². The van der Waals surface area contributed by atoms with Crippen LogP contribution in [0.1, 0.15) is 22.9 Å². The molecule has 2 rings (SSSR count). The summed E-state index contributed by atoms with van der Waals surface area (Å²) >= 11 is 1.76. The van der Waals surface area contributed by atoms with E-state index in [1.54, 1.807) is 11.3 Å². The Kier molecular flexibility index (Phi) is 6.93. The number of nitrogens with two attached hydrogens (primary N) is 1. The molecule has 3 N–H and O–H groups in total. The number of thiophene rings is 1. The summed E-state index contributed by atoms with van der Waals surface area (Å²) in [6.45, 7) is 4.79. The molecule has 0 amide bonds. The van der Waals surface area contributed by atoms with Crippen LogP contribution in [0.25, 0.3) is 0 Å². The predicted molar refractivity (Wildman–Crippen MR) is 93.1 cm³/mol. The van der Waals surface area contributed by atoms with Gasteiger partial charge in [-0.15, -0.1) is 11.3 Å². The Morgan fingerprint density at radius 1 is 1.23 bits per heavy atom. The normalized spacial score (nSPS) is 11.6. The Bertz CT molecular complexity index is 564. The van der Waals surface area contributed by atoms with Crippen molar-refractivity contribution in [2.75, 3.05) is 13.2 Å². The molecule has 2 aromatic rings. The van der Waals surface area contributed by atoms with Gasteiger partial charge in [0.05, 0.1) is 13.2 Å². The van der Waals surface area contributed by atoms with Crippen LogP contribution in [-0.4, -0.2) is 19.1 Å². The lowest BCUT2D eigenvalue weighted by molar-refractivity contribution is 0.134. The van der Waals surface area contributed by atoms with Crippen LogP contribution < -0.4 is 11.1 Å². The van der Waals surface area contributed by atoms with Crippen LogP contribution >= 0.6 is 11.3 Å². The number of hydrogen-bond acceptors (Lipinski definition) is 3. The largest absolute Gasteiger partial charge is 0.377 e. The average Bonchev–Trinajstić information content (AvgIpc) is 3.05. The van der Waals surface area contributed by atoms with Crippen molar-refractivity contribution < 1.29 is 4.74 Å². The summed E-state index contributed by atoms with van der Waals surface area (Å²) in [5.74, 6) is 0.495. The maximum absolute atomic E-state index is 5.88. The van der Waals surface area contributed by atoms with Crippen molar-refractivity contribution in [1.29, 1.82) is 0 Å². The minimum absolute atomic E-state index is 0.495. The maximum atomic E-state index is 5.88. The average molecular weight is 317 g/mol. The minimum atomic E-state index is 0.495. The summed E-state index contributed by atoms with van der Waals surface area (Å²) in [6.07, 6.45) is 0.972. The Hall–Kier alpha value is -1.85. The van der Waals surface area contributed by atoms with E-state index < -0.39 is 0 Å². The quantitative estimate of drug-likeness (QED) is 0.581. The number of benzene rings is 1. The van der Waals surface area contributed by atoms with Crippen LogP contribution in [0.2, 0.25) is 0 Å². The fraction of sp³-hybridized carbons (Fsp3) is 0.353. The van der Waals surface area contributed by atoms with Crippen molar-refractivity contribution in [3.8, 4) is 0 Å². The van der Waals surface area contributed by atoms with Crippen LogP contribution in [0.3, 0.4) is 0 Å². The highest BCUT2D eigenvalue weighted by atomic mass is 32.1. The Balaban J connectivity index is 1.72. The van der Waals surface area contributed by atoms with Crippen LogP contribution in [-0.2, 0) is 24.3 Å². The second-order valence-electron chi connectivity index (χ2n) is 4.91. The van der Waals surface area contributed by atoms with Crippen molar-refractivity contribution in [3.63, 3.8) is 0 Å². The van der Waals surface area contributed by atoms with Gasteiger partial charge < -0.3 is 15.8 Å². The lowest BCUT2D eigenvalue weighted by Gasteiger charge is -2.05. The van der Waals surface area contributed by atoms with Gasteiger partial charge in [0.2, 0.25) is 0 Å². The number of aliphatic imine (C=N–C) groups is 1. The number of guanidine groups is 1. The first kappa shape index (κ1) is 16.5. The van der Waals surface area contributed by atoms with Crippen molar-refractivity contribution in [1.82, 2.24) is 5.32 Å². The number of nitrogens with zero attached hydrogens (tertiary/aromatic N) is 1. The summed E-state index contributed by atoms with van der Waals surface area (Å²) in [6, 6.07) is 12.5. The standard InChI is InChI=1S/C17H23N3OS/c1-2-21-13-15-7-5-14(6-8-15)12-20-17(18)19-10-9-16-4-3-11-22-16/h3-8,11H,2,9-10,12-13H2,1H3,(H3,18,19,20). The first-order valence-electron chi connectivity index (χ1n) is 7.49. The summed E-state index contributed by atoms with van der Waals surface area (Å²) in [7, 11) is 0. The smallest absolute Gasteiger partial charge is 0.188 e. The molecule has 118 valence electrons. The van der Waals surface area contributed by atoms with Gasteiger partial charge in [0.1, 0.15) is 0 Å². The molecule has 0 radical (unpaired) electrons. The number of rotatable bonds is 8. The highest BCUT2D eigenvalue weighted by molar-refractivity contribution is 7.09. The molecule has 22 heavy (non-hydrogen) atoms. The maximum Gasteiger partial charge on any atom is 0.188 e. The molecule has 0 saturated carbocycles. The van der Waals surface area contributed by atoms with Gasteiger partial charge in [-0.05, 0) is 35.9 Å².